The van der Waals surface area contributed by atoms with Crippen LogP contribution in [0, 0.1) is 0 Å². The van der Waals surface area contributed by atoms with E-state index in [2.05, 4.69) is 22.1 Å². The molecule has 0 radical (unpaired) electrons. The molecule has 0 fully saturated rings. The van der Waals surface area contributed by atoms with Gasteiger partial charge in [0.05, 0.1) is 0 Å². The van der Waals surface area contributed by atoms with Crippen LogP contribution in [0.3, 0.4) is 0 Å². The van der Waals surface area contributed by atoms with Crippen molar-refractivity contribution in [2.45, 2.75) is 19.9 Å². The summed E-state index contributed by atoms with van der Waals surface area (Å²) in [6, 6.07) is 5.79. The third-order valence-corrected chi connectivity index (χ3v) is 1.97. The first-order valence-electron chi connectivity index (χ1n) is 4.71. The van der Waals surface area contributed by atoms with Crippen LogP contribution in [0.4, 0.5) is 0 Å². The molecule has 0 amide bonds. The normalized spacial score (nSPS) is 10.4. The molecule has 0 bridgehead atoms. The Bertz CT molecular complexity index is 394. The SMILES string of the molecule is CCCn1cnnc1-c1ccccn1. The second-order valence-corrected chi connectivity index (χ2v) is 3.06. The van der Waals surface area contributed by atoms with Crippen LogP contribution < -0.4 is 0 Å². The van der Waals surface area contributed by atoms with Gasteiger partial charge in [0.15, 0.2) is 5.82 Å². The number of hydrogen-bond acceptors (Lipinski definition) is 3. The number of nitrogens with zero attached hydrogens (tertiary/aromatic N) is 4. The lowest BCUT2D eigenvalue weighted by Gasteiger charge is -2.02. The molecule has 2 aromatic rings. The summed E-state index contributed by atoms with van der Waals surface area (Å²) < 4.78 is 2.02. The monoisotopic (exact) mass is 188 g/mol. The molecule has 4 nitrogen and oxygen atoms in total. The minimum Gasteiger partial charge on any atom is -0.312 e. The molecule has 2 aromatic heterocycles. The van der Waals surface area contributed by atoms with Crippen molar-refractivity contribution >= 4 is 0 Å². The van der Waals surface area contributed by atoms with Crippen LogP contribution in [0.5, 0.6) is 0 Å². The molecule has 0 N–H and O–H groups in total. The van der Waals surface area contributed by atoms with E-state index < -0.39 is 0 Å². The first-order valence-corrected chi connectivity index (χ1v) is 4.71. The van der Waals surface area contributed by atoms with E-state index in [0.717, 1.165) is 24.5 Å². The summed E-state index contributed by atoms with van der Waals surface area (Å²) in [5.74, 6) is 0.840. The maximum absolute atomic E-state index is 4.24. The zero-order chi connectivity index (χ0) is 9.80. The van der Waals surface area contributed by atoms with Crippen molar-refractivity contribution in [3.05, 3.63) is 30.7 Å². The summed E-state index contributed by atoms with van der Waals surface area (Å²) in [7, 11) is 0. The van der Waals surface area contributed by atoms with E-state index in [4.69, 9.17) is 0 Å². The summed E-state index contributed by atoms with van der Waals surface area (Å²) >= 11 is 0. The fraction of sp³-hybridized carbons (Fsp3) is 0.300. The number of pyridine rings is 1. The number of hydrogen-bond donors (Lipinski definition) is 0. The zero-order valence-electron chi connectivity index (χ0n) is 8.09. The summed E-state index contributed by atoms with van der Waals surface area (Å²) in [6.45, 7) is 3.06. The third kappa shape index (κ3) is 1.64. The molecule has 0 aromatic carbocycles. The molecule has 2 heterocycles. The average molecular weight is 188 g/mol. The molecular formula is C10H12N4. The van der Waals surface area contributed by atoms with Crippen molar-refractivity contribution in [3.8, 4) is 11.5 Å². The Morgan fingerprint density at radius 2 is 2.29 bits per heavy atom. The van der Waals surface area contributed by atoms with Crippen LogP contribution in [-0.4, -0.2) is 19.7 Å². The molecular weight excluding hydrogens is 176 g/mol. The van der Waals surface area contributed by atoms with Crippen LogP contribution in [0.1, 0.15) is 13.3 Å². The van der Waals surface area contributed by atoms with Crippen LogP contribution in [0.25, 0.3) is 11.5 Å². The van der Waals surface area contributed by atoms with Crippen molar-refractivity contribution in [1.29, 1.82) is 0 Å². The van der Waals surface area contributed by atoms with E-state index in [-0.39, 0.29) is 0 Å². The first kappa shape index (κ1) is 8.87. The standard InChI is InChI=1S/C10H12N4/c1-2-7-14-8-12-13-10(14)9-5-3-4-6-11-9/h3-6,8H,2,7H2,1H3. The molecule has 0 saturated heterocycles. The van der Waals surface area contributed by atoms with Crippen LogP contribution in [0.15, 0.2) is 30.7 Å². The Hall–Kier alpha value is -1.71. The molecule has 0 spiro atoms. The quantitative estimate of drug-likeness (QED) is 0.737. The molecule has 0 aliphatic rings. The van der Waals surface area contributed by atoms with Gasteiger partial charge in [-0.1, -0.05) is 13.0 Å². The van der Waals surface area contributed by atoms with Gasteiger partial charge in [0.1, 0.15) is 12.0 Å². The zero-order valence-corrected chi connectivity index (χ0v) is 8.09. The summed E-state index contributed by atoms with van der Waals surface area (Å²) in [5.41, 5.74) is 0.874. The topological polar surface area (TPSA) is 43.6 Å². The summed E-state index contributed by atoms with van der Waals surface area (Å²) in [4.78, 5) is 4.24. The maximum Gasteiger partial charge on any atom is 0.182 e. The molecule has 2 rings (SSSR count). The van der Waals surface area contributed by atoms with E-state index in [9.17, 15) is 0 Å². The highest BCUT2D eigenvalue weighted by Crippen LogP contribution is 2.12. The van der Waals surface area contributed by atoms with Gasteiger partial charge in [0.2, 0.25) is 0 Å². The largest absolute Gasteiger partial charge is 0.312 e. The Labute approximate surface area is 82.6 Å². The molecule has 0 aliphatic heterocycles. The number of aryl methyl sites for hydroxylation is 1. The van der Waals surface area contributed by atoms with E-state index in [0.29, 0.717) is 0 Å². The highest BCUT2D eigenvalue weighted by molar-refractivity contribution is 5.48. The second-order valence-electron chi connectivity index (χ2n) is 3.06. The van der Waals surface area contributed by atoms with E-state index in [1.807, 2.05) is 22.8 Å². The van der Waals surface area contributed by atoms with Crippen molar-refractivity contribution in [2.75, 3.05) is 0 Å². The van der Waals surface area contributed by atoms with Gasteiger partial charge in [-0.05, 0) is 18.6 Å². The highest BCUT2D eigenvalue weighted by atomic mass is 15.3. The second kappa shape index (κ2) is 4.00. The van der Waals surface area contributed by atoms with E-state index in [1.54, 1.807) is 12.5 Å². The molecule has 4 heteroatoms. The van der Waals surface area contributed by atoms with Crippen molar-refractivity contribution in [2.24, 2.45) is 0 Å². The lowest BCUT2D eigenvalue weighted by molar-refractivity contribution is 0.681. The van der Waals surface area contributed by atoms with Crippen LogP contribution in [0.2, 0.25) is 0 Å². The smallest absolute Gasteiger partial charge is 0.182 e. The van der Waals surface area contributed by atoms with Crippen molar-refractivity contribution in [1.82, 2.24) is 19.7 Å². The molecule has 0 atom stereocenters. The predicted octanol–water partition coefficient (Wildman–Crippen LogP) is 1.75. The van der Waals surface area contributed by atoms with Gasteiger partial charge in [-0.25, -0.2) is 0 Å². The van der Waals surface area contributed by atoms with Gasteiger partial charge in [0.25, 0.3) is 0 Å². The fourth-order valence-electron chi connectivity index (χ4n) is 1.35. The fourth-order valence-corrected chi connectivity index (χ4v) is 1.35. The lowest BCUT2D eigenvalue weighted by atomic mass is 10.3. The maximum atomic E-state index is 4.24. The minimum absolute atomic E-state index is 0.840. The highest BCUT2D eigenvalue weighted by Gasteiger charge is 2.06. The van der Waals surface area contributed by atoms with Gasteiger partial charge in [0, 0.05) is 12.7 Å². The van der Waals surface area contributed by atoms with Gasteiger partial charge in [-0.15, -0.1) is 10.2 Å². The predicted molar refractivity (Wildman–Crippen MR) is 53.5 cm³/mol. The van der Waals surface area contributed by atoms with Gasteiger partial charge in [-0.3, -0.25) is 4.98 Å². The Kier molecular flexibility index (Phi) is 2.53. The van der Waals surface area contributed by atoms with Gasteiger partial charge < -0.3 is 4.57 Å². The van der Waals surface area contributed by atoms with Crippen LogP contribution in [-0.2, 0) is 6.54 Å². The average Bonchev–Trinajstić information content (AvgIpc) is 2.68. The number of aromatic nitrogens is 4. The van der Waals surface area contributed by atoms with Crippen molar-refractivity contribution in [3.63, 3.8) is 0 Å². The third-order valence-electron chi connectivity index (χ3n) is 1.97. The van der Waals surface area contributed by atoms with E-state index in [1.165, 1.54) is 0 Å². The Morgan fingerprint density at radius 3 is 3.00 bits per heavy atom. The van der Waals surface area contributed by atoms with E-state index >= 15 is 0 Å². The summed E-state index contributed by atoms with van der Waals surface area (Å²) in [6.07, 6.45) is 4.58. The Balaban J connectivity index is 2.37. The molecule has 14 heavy (non-hydrogen) atoms. The van der Waals surface area contributed by atoms with Gasteiger partial charge >= 0.3 is 0 Å². The molecule has 0 unspecified atom stereocenters. The Morgan fingerprint density at radius 1 is 1.36 bits per heavy atom. The summed E-state index contributed by atoms with van der Waals surface area (Å²) in [5, 5.41) is 7.95. The lowest BCUT2D eigenvalue weighted by Crippen LogP contribution is -1.99. The molecule has 72 valence electrons. The molecule has 0 saturated carbocycles. The van der Waals surface area contributed by atoms with Crippen molar-refractivity contribution < 1.29 is 0 Å². The molecule has 0 aliphatic carbocycles. The van der Waals surface area contributed by atoms with Gasteiger partial charge in [-0.2, -0.15) is 0 Å². The number of rotatable bonds is 3. The first-order chi connectivity index (χ1) is 6.92. The minimum atomic E-state index is 0.840. The van der Waals surface area contributed by atoms with Crippen LogP contribution >= 0.6 is 0 Å².